The number of hydrogen-bond acceptors (Lipinski definition) is 7. The zero-order valence-corrected chi connectivity index (χ0v) is 23.9. The van der Waals surface area contributed by atoms with E-state index in [1.54, 1.807) is 12.4 Å². The van der Waals surface area contributed by atoms with Crippen molar-refractivity contribution < 1.29 is 29.0 Å². The monoisotopic (exact) mass is 598 g/mol. The quantitative estimate of drug-likeness (QED) is 0.229. The molecule has 7 nitrogen and oxygen atoms in total. The predicted molar refractivity (Wildman–Crippen MR) is 147 cm³/mol. The van der Waals surface area contributed by atoms with Crippen molar-refractivity contribution in [3.63, 3.8) is 0 Å². The molecule has 198 valence electrons. The van der Waals surface area contributed by atoms with Gasteiger partial charge < -0.3 is 9.52 Å². The molecule has 5 heterocycles. The van der Waals surface area contributed by atoms with Crippen molar-refractivity contribution >= 4 is 0 Å². The van der Waals surface area contributed by atoms with Crippen LogP contribution in [-0.4, -0.2) is 25.0 Å². The van der Waals surface area contributed by atoms with E-state index in [9.17, 15) is 4.79 Å². The van der Waals surface area contributed by atoms with Gasteiger partial charge >= 0.3 is 0 Å². The normalized spacial score (nSPS) is 9.18. The van der Waals surface area contributed by atoms with Crippen LogP contribution in [0.3, 0.4) is 0 Å². The summed E-state index contributed by atoms with van der Waals surface area (Å²) in [6.45, 7) is 9.64. The molecule has 5 rings (SSSR count). The molecule has 0 radical (unpaired) electrons. The molecule has 5 aromatic heterocycles. The first-order chi connectivity index (χ1) is 17.9. The van der Waals surface area contributed by atoms with Crippen LogP contribution in [-0.2, 0) is 19.5 Å². The molecule has 38 heavy (non-hydrogen) atoms. The van der Waals surface area contributed by atoms with E-state index in [1.807, 2.05) is 86.9 Å². The first kappa shape index (κ1) is 32.0. The van der Waals surface area contributed by atoms with Crippen LogP contribution in [0.15, 0.2) is 107 Å². The maximum atomic E-state index is 10.5. The average molecular weight is 598 g/mol. The van der Waals surface area contributed by atoms with Crippen molar-refractivity contribution in [3.05, 3.63) is 125 Å². The molecule has 0 saturated heterocycles. The Hall–Kier alpha value is -4.03. The van der Waals surface area contributed by atoms with Gasteiger partial charge in [0.25, 0.3) is 0 Å². The van der Waals surface area contributed by atoms with E-state index in [0.717, 1.165) is 22.8 Å². The van der Waals surface area contributed by atoms with Gasteiger partial charge in [0.2, 0.25) is 11.2 Å². The number of rotatable bonds is 2. The summed E-state index contributed by atoms with van der Waals surface area (Å²) < 4.78 is 4.69. The fourth-order valence-corrected chi connectivity index (χ4v) is 2.89. The van der Waals surface area contributed by atoms with Crippen LogP contribution in [0.25, 0.3) is 22.8 Å². The number of nitrogens with zero attached hydrogens (tertiary/aromatic N) is 4. The summed E-state index contributed by atoms with van der Waals surface area (Å²) in [6.07, 6.45) is 8.41. The van der Waals surface area contributed by atoms with Gasteiger partial charge in [-0.05, 0) is 80.4 Å². The standard InChI is InChI=1S/C12H12N2.C10H8N2.C6H6O3.C2H6.Ru/c1-9-3-5-13-11(7-9)12-8-10(2)4-6-14-12;1-3-7-11-9(5-1)10-6-2-4-8-12-10;1-4-6(8)5(7)2-3-9-4;1-2;/h3-8H,1-2H3;1-8H;2-3,8H,1H3;1-2H3;. The Labute approximate surface area is 236 Å². The molecule has 0 spiro atoms. The summed E-state index contributed by atoms with van der Waals surface area (Å²) in [5.74, 6) is -0.0556. The topological polar surface area (TPSA) is 102 Å². The van der Waals surface area contributed by atoms with Crippen molar-refractivity contribution in [3.8, 4) is 28.5 Å². The summed E-state index contributed by atoms with van der Waals surface area (Å²) in [5.41, 5.74) is 5.72. The zero-order chi connectivity index (χ0) is 27.0. The van der Waals surface area contributed by atoms with E-state index < -0.39 is 5.43 Å². The Kier molecular flexibility index (Phi) is 14.7. The molecule has 8 heteroatoms. The minimum atomic E-state index is -0.404. The van der Waals surface area contributed by atoms with Crippen LogP contribution in [0.5, 0.6) is 5.75 Å². The minimum absolute atomic E-state index is 0. The SMILES string of the molecule is CC.Cc1ccnc(-c2cc(C)ccn2)c1.Cc1occc(=O)c1O.[Ru].c1ccc(-c2ccccn2)nc1. The maximum absolute atomic E-state index is 10.5. The molecule has 0 bridgehead atoms. The van der Waals surface area contributed by atoms with Gasteiger partial charge in [-0.15, -0.1) is 0 Å². The molecule has 0 aromatic carbocycles. The molecule has 0 amide bonds. The molecule has 0 fully saturated rings. The third kappa shape index (κ3) is 10.5. The molecule has 5 aromatic rings. The third-order valence-electron chi connectivity index (χ3n) is 4.72. The summed E-state index contributed by atoms with van der Waals surface area (Å²) in [4.78, 5) is 27.5. The molecule has 0 unspecified atom stereocenters. The van der Waals surface area contributed by atoms with Crippen molar-refractivity contribution in [2.75, 3.05) is 0 Å². The molecular weight excluding hydrogens is 565 g/mol. The molecule has 0 aliphatic carbocycles. The maximum Gasteiger partial charge on any atom is 0.226 e. The Balaban J connectivity index is 0.000000278. The van der Waals surface area contributed by atoms with Gasteiger partial charge in [-0.1, -0.05) is 26.0 Å². The van der Waals surface area contributed by atoms with E-state index in [-0.39, 0.29) is 31.0 Å². The van der Waals surface area contributed by atoms with E-state index in [2.05, 4.69) is 38.2 Å². The second-order valence-electron chi connectivity index (χ2n) is 7.56. The molecule has 1 N–H and O–H groups in total. The summed E-state index contributed by atoms with van der Waals surface area (Å²) in [5, 5.41) is 8.80. The second-order valence-corrected chi connectivity index (χ2v) is 7.56. The van der Waals surface area contributed by atoms with Gasteiger partial charge in [0, 0.05) is 50.3 Å². The Morgan fingerprint density at radius 3 is 1.42 bits per heavy atom. The average Bonchev–Trinajstić information content (AvgIpc) is 2.94. The third-order valence-corrected chi connectivity index (χ3v) is 4.72. The minimum Gasteiger partial charge on any atom is -0.502 e. The first-order valence-electron chi connectivity index (χ1n) is 11.9. The van der Waals surface area contributed by atoms with Crippen LogP contribution in [0, 0.1) is 20.8 Å². The molecule has 0 aliphatic heterocycles. The number of hydrogen-bond donors (Lipinski definition) is 1. The number of aryl methyl sites for hydroxylation is 3. The Bertz CT molecular complexity index is 1330. The summed E-state index contributed by atoms with van der Waals surface area (Å²) in [7, 11) is 0. The largest absolute Gasteiger partial charge is 0.502 e. The van der Waals surface area contributed by atoms with E-state index in [0.29, 0.717) is 0 Å². The van der Waals surface area contributed by atoms with E-state index >= 15 is 0 Å². The Morgan fingerprint density at radius 1 is 0.632 bits per heavy atom. The fraction of sp³-hybridized carbons (Fsp3) is 0.167. The summed E-state index contributed by atoms with van der Waals surface area (Å²) in [6, 6.07) is 20.8. The molecule has 0 atom stereocenters. The smallest absolute Gasteiger partial charge is 0.226 e. The second kappa shape index (κ2) is 17.4. The van der Waals surface area contributed by atoms with Crippen molar-refractivity contribution in [2.45, 2.75) is 34.6 Å². The predicted octanol–water partition coefficient (Wildman–Crippen LogP) is 6.58. The fourth-order valence-electron chi connectivity index (χ4n) is 2.89. The van der Waals surface area contributed by atoms with Crippen LogP contribution in [0.1, 0.15) is 30.7 Å². The van der Waals surface area contributed by atoms with Crippen LogP contribution in [0.4, 0.5) is 0 Å². The Morgan fingerprint density at radius 2 is 1.08 bits per heavy atom. The van der Waals surface area contributed by atoms with Gasteiger partial charge in [-0.2, -0.15) is 0 Å². The van der Waals surface area contributed by atoms with Gasteiger partial charge in [0.1, 0.15) is 5.76 Å². The number of aromatic hydroxyl groups is 1. The van der Waals surface area contributed by atoms with E-state index in [1.165, 1.54) is 30.4 Å². The first-order valence-corrected chi connectivity index (χ1v) is 11.9. The zero-order valence-electron chi connectivity index (χ0n) is 22.1. The summed E-state index contributed by atoms with van der Waals surface area (Å²) >= 11 is 0. The number of pyridine rings is 4. The van der Waals surface area contributed by atoms with Gasteiger partial charge in [-0.3, -0.25) is 24.7 Å². The molecule has 0 saturated carbocycles. The van der Waals surface area contributed by atoms with Crippen LogP contribution >= 0.6 is 0 Å². The van der Waals surface area contributed by atoms with Crippen LogP contribution in [0.2, 0.25) is 0 Å². The van der Waals surface area contributed by atoms with Gasteiger partial charge in [0.05, 0.1) is 29.0 Å². The molecular formula is C30H32N4O3Ru. The number of aromatic nitrogens is 4. The van der Waals surface area contributed by atoms with E-state index in [4.69, 9.17) is 5.11 Å². The van der Waals surface area contributed by atoms with Crippen molar-refractivity contribution in [2.24, 2.45) is 0 Å². The molecule has 0 aliphatic rings. The van der Waals surface area contributed by atoms with Crippen molar-refractivity contribution in [1.82, 2.24) is 19.9 Å². The van der Waals surface area contributed by atoms with Gasteiger partial charge in [-0.25, -0.2) is 0 Å². The van der Waals surface area contributed by atoms with Crippen LogP contribution < -0.4 is 5.43 Å². The van der Waals surface area contributed by atoms with Gasteiger partial charge in [0.15, 0.2) is 0 Å². The van der Waals surface area contributed by atoms with Crippen molar-refractivity contribution in [1.29, 1.82) is 0 Å².